The van der Waals surface area contributed by atoms with Gasteiger partial charge in [-0.25, -0.2) is 0 Å². The number of ether oxygens (including phenoxy) is 3. The van der Waals surface area contributed by atoms with Crippen LogP contribution in [-0.4, -0.2) is 43.0 Å². The third-order valence-electron chi connectivity index (χ3n) is 10.2. The summed E-state index contributed by atoms with van der Waals surface area (Å²) in [6.07, 6.45) is 6.04. The van der Waals surface area contributed by atoms with Crippen LogP contribution in [0.3, 0.4) is 0 Å². The van der Waals surface area contributed by atoms with Gasteiger partial charge in [-0.15, -0.1) is 0 Å². The van der Waals surface area contributed by atoms with Gasteiger partial charge in [0.15, 0.2) is 0 Å². The second-order valence-electron chi connectivity index (χ2n) is 12.1. The van der Waals surface area contributed by atoms with Gasteiger partial charge >= 0.3 is 17.9 Å². The number of fused-ring (bicyclic) bond motifs is 4. The molecule has 200 valence electrons. The summed E-state index contributed by atoms with van der Waals surface area (Å²) >= 11 is 0. The van der Waals surface area contributed by atoms with Gasteiger partial charge in [0.05, 0.1) is 7.11 Å². The quantitative estimate of drug-likeness (QED) is 0.288. The number of hydrogen-bond acceptors (Lipinski definition) is 7. The van der Waals surface area contributed by atoms with Gasteiger partial charge in [-0.3, -0.25) is 19.2 Å². The predicted octanol–water partition coefficient (Wildman–Crippen LogP) is 4.95. The van der Waals surface area contributed by atoms with Gasteiger partial charge in [-0.05, 0) is 61.7 Å². The zero-order valence-electron chi connectivity index (χ0n) is 22.7. The first-order chi connectivity index (χ1) is 16.9. The lowest BCUT2D eigenvalue weighted by Gasteiger charge is -2.56. The van der Waals surface area contributed by atoms with E-state index < -0.39 is 5.41 Å². The van der Waals surface area contributed by atoms with E-state index in [0.717, 1.165) is 32.1 Å². The van der Waals surface area contributed by atoms with E-state index >= 15 is 0 Å². The number of carbonyl (C=O) groups is 4. The summed E-state index contributed by atoms with van der Waals surface area (Å²) in [4.78, 5) is 49.4. The molecule has 8 atom stereocenters. The van der Waals surface area contributed by atoms with E-state index in [0.29, 0.717) is 31.6 Å². The molecule has 36 heavy (non-hydrogen) atoms. The molecular formula is C29H42O7. The van der Waals surface area contributed by atoms with E-state index in [4.69, 9.17) is 14.2 Å². The van der Waals surface area contributed by atoms with Crippen LogP contribution in [-0.2, 0) is 33.4 Å². The maximum absolute atomic E-state index is 13.7. The lowest BCUT2D eigenvalue weighted by molar-refractivity contribution is -0.161. The van der Waals surface area contributed by atoms with Crippen LogP contribution < -0.4 is 0 Å². The Hall–Kier alpha value is -2.18. The van der Waals surface area contributed by atoms with Gasteiger partial charge in [-0.2, -0.15) is 0 Å². The third-order valence-corrected chi connectivity index (χ3v) is 10.2. The number of rotatable bonds is 6. The van der Waals surface area contributed by atoms with Crippen molar-refractivity contribution in [1.82, 2.24) is 0 Å². The van der Waals surface area contributed by atoms with Crippen LogP contribution in [0.5, 0.6) is 0 Å². The molecule has 0 spiro atoms. The maximum Gasteiger partial charge on any atom is 0.305 e. The van der Waals surface area contributed by atoms with Crippen LogP contribution in [0.1, 0.15) is 92.4 Å². The van der Waals surface area contributed by atoms with Crippen LogP contribution in [0.2, 0.25) is 0 Å². The summed E-state index contributed by atoms with van der Waals surface area (Å²) in [6, 6.07) is 0. The molecule has 0 saturated heterocycles. The summed E-state index contributed by atoms with van der Waals surface area (Å²) in [5, 5.41) is 0. The number of ketones is 1. The van der Waals surface area contributed by atoms with E-state index in [-0.39, 0.29) is 59.1 Å². The summed E-state index contributed by atoms with van der Waals surface area (Å²) < 4.78 is 16.5. The van der Waals surface area contributed by atoms with Crippen LogP contribution in [0.15, 0.2) is 11.1 Å². The molecule has 7 nitrogen and oxygen atoms in total. The molecule has 0 aromatic rings. The van der Waals surface area contributed by atoms with Gasteiger partial charge in [0, 0.05) is 44.4 Å². The topological polar surface area (TPSA) is 96.0 Å². The predicted molar refractivity (Wildman–Crippen MR) is 133 cm³/mol. The highest BCUT2D eigenvalue weighted by molar-refractivity contribution is 5.88. The van der Waals surface area contributed by atoms with Gasteiger partial charge in [0.2, 0.25) is 0 Å². The number of methoxy groups -OCH3 is 1. The van der Waals surface area contributed by atoms with Crippen molar-refractivity contribution < 1.29 is 33.4 Å². The normalized spacial score (nSPS) is 38.4. The highest BCUT2D eigenvalue weighted by atomic mass is 16.5. The number of Topliss-reactive ketones (excluding diaryl/α,β-unsaturated/α-hetero) is 1. The van der Waals surface area contributed by atoms with Crippen molar-refractivity contribution >= 4 is 23.7 Å². The molecule has 2 fully saturated rings. The first-order valence-corrected chi connectivity index (χ1v) is 13.6. The molecule has 0 aliphatic heterocycles. The number of hydrogen-bond donors (Lipinski definition) is 0. The Kier molecular flexibility index (Phi) is 7.42. The molecule has 0 aromatic heterocycles. The van der Waals surface area contributed by atoms with E-state index in [1.807, 2.05) is 0 Å². The molecule has 2 saturated carbocycles. The number of allylic oxidation sites excluding steroid dienone is 1. The second-order valence-corrected chi connectivity index (χ2v) is 12.1. The first kappa shape index (κ1) is 26.9. The minimum Gasteiger partial charge on any atom is -0.469 e. The van der Waals surface area contributed by atoms with Gasteiger partial charge in [0.1, 0.15) is 18.0 Å². The molecule has 0 radical (unpaired) electrons. The van der Waals surface area contributed by atoms with E-state index in [9.17, 15) is 19.2 Å². The van der Waals surface area contributed by atoms with Crippen molar-refractivity contribution in [3.63, 3.8) is 0 Å². The minimum atomic E-state index is -0.491. The zero-order valence-corrected chi connectivity index (χ0v) is 22.7. The molecule has 7 heteroatoms. The number of esters is 3. The van der Waals surface area contributed by atoms with E-state index in [2.05, 4.69) is 20.8 Å². The summed E-state index contributed by atoms with van der Waals surface area (Å²) in [6.45, 7) is 9.47. The van der Waals surface area contributed by atoms with Crippen molar-refractivity contribution in [3.8, 4) is 0 Å². The Bertz CT molecular complexity index is 967. The molecule has 4 rings (SSSR count). The fourth-order valence-electron chi connectivity index (χ4n) is 8.41. The minimum absolute atomic E-state index is 0.0308. The standard InChI is InChI=1S/C29H42O7/c1-16(7-10-26(33)34-6)22-14-24(32)27-21-9-8-19-13-20(35-17(2)30)11-12-28(19,4)23(21)15-25(29(22,27)5)36-18(3)31/h16,19-20,22,25,27H,7-15H2,1-6H3/t16-,19-,20-,22-,25+,27+,28+,29+/m1/s1. The molecule has 0 heterocycles. The molecular weight excluding hydrogens is 460 g/mol. The summed E-state index contributed by atoms with van der Waals surface area (Å²) in [5.41, 5.74) is 2.01. The molecule has 0 unspecified atom stereocenters. The highest BCUT2D eigenvalue weighted by Crippen LogP contribution is 2.65. The van der Waals surface area contributed by atoms with Crippen LogP contribution in [0.4, 0.5) is 0 Å². The third kappa shape index (κ3) is 4.51. The van der Waals surface area contributed by atoms with E-state index in [1.54, 1.807) is 0 Å². The fourth-order valence-corrected chi connectivity index (χ4v) is 8.41. The molecule has 0 bridgehead atoms. The summed E-state index contributed by atoms with van der Waals surface area (Å²) in [5.74, 6) is -0.270. The lowest BCUT2D eigenvalue weighted by Crippen LogP contribution is -2.53. The van der Waals surface area contributed by atoms with Crippen molar-refractivity contribution in [1.29, 1.82) is 0 Å². The largest absolute Gasteiger partial charge is 0.469 e. The van der Waals surface area contributed by atoms with Crippen molar-refractivity contribution in [2.24, 2.45) is 34.5 Å². The maximum atomic E-state index is 13.7. The Labute approximate surface area is 214 Å². The molecule has 4 aliphatic rings. The lowest BCUT2D eigenvalue weighted by atomic mass is 9.49. The van der Waals surface area contributed by atoms with E-state index in [1.165, 1.54) is 32.1 Å². The average molecular weight is 503 g/mol. The molecule has 0 amide bonds. The van der Waals surface area contributed by atoms with Gasteiger partial charge in [0.25, 0.3) is 0 Å². The highest BCUT2D eigenvalue weighted by Gasteiger charge is 2.64. The second kappa shape index (κ2) is 9.94. The monoisotopic (exact) mass is 502 g/mol. The molecule has 0 aromatic carbocycles. The Morgan fingerprint density at radius 1 is 1.06 bits per heavy atom. The van der Waals surface area contributed by atoms with Crippen LogP contribution >= 0.6 is 0 Å². The Balaban J connectivity index is 1.69. The van der Waals surface area contributed by atoms with Gasteiger partial charge < -0.3 is 14.2 Å². The summed E-state index contributed by atoms with van der Waals surface area (Å²) in [7, 11) is 1.39. The van der Waals surface area contributed by atoms with Crippen molar-refractivity contribution in [2.45, 2.75) is 105 Å². The Morgan fingerprint density at radius 2 is 1.75 bits per heavy atom. The fraction of sp³-hybridized carbons (Fsp3) is 0.793. The zero-order chi connectivity index (χ0) is 26.4. The van der Waals surface area contributed by atoms with Crippen LogP contribution in [0.25, 0.3) is 0 Å². The van der Waals surface area contributed by atoms with Gasteiger partial charge in [-0.1, -0.05) is 31.9 Å². The van der Waals surface area contributed by atoms with Crippen molar-refractivity contribution in [2.75, 3.05) is 7.11 Å². The SMILES string of the molecule is COC(=O)CC[C@@H](C)[C@H]1CC(=O)[C@@H]2C3=C(C[C@H](OC(C)=O)[C@@]21C)[C@@]1(C)CC[C@@H](OC(C)=O)C[C@H]1CC3. The number of carbonyl (C=O) groups excluding carboxylic acids is 4. The molecule has 0 N–H and O–H groups in total. The first-order valence-electron chi connectivity index (χ1n) is 13.6. The average Bonchev–Trinajstić information content (AvgIpc) is 3.09. The smallest absolute Gasteiger partial charge is 0.305 e. The van der Waals surface area contributed by atoms with Crippen molar-refractivity contribution in [3.05, 3.63) is 11.1 Å². The molecule has 4 aliphatic carbocycles. The Morgan fingerprint density at radius 3 is 2.39 bits per heavy atom. The van der Waals surface area contributed by atoms with Crippen LogP contribution in [0, 0.1) is 34.5 Å².